The lowest BCUT2D eigenvalue weighted by atomic mass is 10.1. The van der Waals surface area contributed by atoms with E-state index in [2.05, 4.69) is 27.6 Å². The third-order valence-electron chi connectivity index (χ3n) is 4.87. The van der Waals surface area contributed by atoms with Crippen molar-refractivity contribution in [3.63, 3.8) is 0 Å². The van der Waals surface area contributed by atoms with Crippen LogP contribution in [0.4, 0.5) is 0 Å². The molecule has 174 valence electrons. The average Bonchev–Trinajstić information content (AvgIpc) is 3.21. The zero-order valence-corrected chi connectivity index (χ0v) is 20.5. The van der Waals surface area contributed by atoms with Crippen LogP contribution in [0.5, 0.6) is 0 Å². The molecule has 1 aromatic heterocycles. The molecule has 2 aromatic carbocycles. The normalized spacial score (nSPS) is 10.8. The van der Waals surface area contributed by atoms with Crippen LogP contribution in [0, 0.1) is 13.8 Å². The number of thioether (sulfide) groups is 1. The summed E-state index contributed by atoms with van der Waals surface area (Å²) in [6.45, 7) is 6.59. The fraction of sp³-hybridized carbons (Fsp3) is 0.333. The predicted octanol–water partition coefficient (Wildman–Crippen LogP) is 4.76. The molecule has 0 unspecified atom stereocenters. The quantitative estimate of drug-likeness (QED) is 0.253. The summed E-state index contributed by atoms with van der Waals surface area (Å²) >= 11 is 7.75. The van der Waals surface area contributed by atoms with E-state index in [1.807, 2.05) is 48.7 Å². The fourth-order valence-corrected chi connectivity index (χ4v) is 4.23. The molecule has 0 saturated heterocycles. The van der Waals surface area contributed by atoms with Crippen LogP contribution in [-0.4, -0.2) is 45.5 Å². The molecule has 7 nitrogen and oxygen atoms in total. The maximum Gasteiger partial charge on any atom is 0.305 e. The van der Waals surface area contributed by atoms with Crippen molar-refractivity contribution in [2.24, 2.45) is 0 Å². The van der Waals surface area contributed by atoms with Gasteiger partial charge in [-0.05, 0) is 56.5 Å². The number of aryl methyl sites for hydroxylation is 2. The highest BCUT2D eigenvalue weighted by Crippen LogP contribution is 2.33. The monoisotopic (exact) mass is 486 g/mol. The van der Waals surface area contributed by atoms with Crippen molar-refractivity contribution < 1.29 is 14.3 Å². The summed E-state index contributed by atoms with van der Waals surface area (Å²) in [7, 11) is 0. The Kier molecular flexibility index (Phi) is 8.91. The number of halogens is 1. The number of esters is 1. The molecule has 0 spiro atoms. The van der Waals surface area contributed by atoms with Crippen LogP contribution in [-0.2, 0) is 14.3 Å². The van der Waals surface area contributed by atoms with Gasteiger partial charge in [0.25, 0.3) is 0 Å². The largest absolute Gasteiger partial charge is 0.466 e. The second-order valence-electron chi connectivity index (χ2n) is 7.46. The van der Waals surface area contributed by atoms with E-state index in [-0.39, 0.29) is 24.1 Å². The number of hydrogen-bond acceptors (Lipinski definition) is 6. The molecule has 0 bridgehead atoms. The number of aromatic nitrogens is 3. The van der Waals surface area contributed by atoms with Crippen molar-refractivity contribution >= 4 is 35.2 Å². The average molecular weight is 487 g/mol. The number of benzene rings is 2. The van der Waals surface area contributed by atoms with Gasteiger partial charge in [-0.3, -0.25) is 14.2 Å². The molecule has 0 saturated carbocycles. The Morgan fingerprint density at radius 1 is 1.15 bits per heavy atom. The van der Waals surface area contributed by atoms with Gasteiger partial charge in [0.2, 0.25) is 5.91 Å². The molecule has 0 aliphatic heterocycles. The molecule has 1 heterocycles. The Morgan fingerprint density at radius 3 is 2.70 bits per heavy atom. The second kappa shape index (κ2) is 11.9. The van der Waals surface area contributed by atoms with E-state index in [0.717, 1.165) is 22.4 Å². The minimum absolute atomic E-state index is 0.140. The van der Waals surface area contributed by atoms with E-state index in [1.165, 1.54) is 11.8 Å². The van der Waals surface area contributed by atoms with Crippen LogP contribution < -0.4 is 5.32 Å². The highest BCUT2D eigenvalue weighted by molar-refractivity contribution is 7.99. The number of hydrogen-bond donors (Lipinski definition) is 1. The van der Waals surface area contributed by atoms with Crippen LogP contribution >= 0.6 is 23.4 Å². The SMILES string of the molecule is CCOC(=O)CCCNC(=O)CSc1nnc(-c2ccccc2Cl)n1-c1cc(C)ccc1C. The standard InChI is InChI=1S/C24H27ClN4O3S/c1-4-32-22(31)10-7-13-26-21(30)15-33-24-28-27-23(18-8-5-6-9-19(18)25)29(24)20-14-16(2)11-12-17(20)3/h5-6,8-9,11-12,14H,4,7,10,13,15H2,1-3H3,(H,26,30). The minimum atomic E-state index is -0.255. The molecule has 0 radical (unpaired) electrons. The van der Waals surface area contributed by atoms with Crippen molar-refractivity contribution in [2.45, 2.75) is 38.8 Å². The van der Waals surface area contributed by atoms with E-state index in [4.69, 9.17) is 16.3 Å². The summed E-state index contributed by atoms with van der Waals surface area (Å²) in [5.74, 6) is 0.394. The Labute approximate surface area is 202 Å². The molecule has 0 aliphatic rings. The molecule has 1 N–H and O–H groups in total. The molecule has 0 fully saturated rings. The molecule has 0 aliphatic carbocycles. The summed E-state index contributed by atoms with van der Waals surface area (Å²) in [5, 5.41) is 12.8. The molecule has 3 aromatic rings. The highest BCUT2D eigenvalue weighted by Gasteiger charge is 2.20. The summed E-state index contributed by atoms with van der Waals surface area (Å²) in [6.07, 6.45) is 0.813. The van der Waals surface area contributed by atoms with E-state index >= 15 is 0 Å². The smallest absolute Gasteiger partial charge is 0.305 e. The maximum absolute atomic E-state index is 12.4. The molecule has 33 heavy (non-hydrogen) atoms. The minimum Gasteiger partial charge on any atom is -0.466 e. The number of amides is 1. The summed E-state index contributed by atoms with van der Waals surface area (Å²) in [4.78, 5) is 23.8. The van der Waals surface area contributed by atoms with Gasteiger partial charge >= 0.3 is 5.97 Å². The van der Waals surface area contributed by atoms with Crippen LogP contribution in [0.3, 0.4) is 0 Å². The molecule has 0 atom stereocenters. The van der Waals surface area contributed by atoms with Crippen LogP contribution in [0.25, 0.3) is 17.1 Å². The van der Waals surface area contributed by atoms with E-state index in [9.17, 15) is 9.59 Å². The van der Waals surface area contributed by atoms with E-state index in [1.54, 1.807) is 6.92 Å². The summed E-state index contributed by atoms with van der Waals surface area (Å²) < 4.78 is 6.84. The Morgan fingerprint density at radius 2 is 1.94 bits per heavy atom. The van der Waals surface area contributed by atoms with Gasteiger partial charge in [-0.25, -0.2) is 0 Å². The van der Waals surface area contributed by atoms with Crippen molar-refractivity contribution in [1.29, 1.82) is 0 Å². The number of carbonyl (C=O) groups excluding carboxylic acids is 2. The van der Waals surface area contributed by atoms with Gasteiger partial charge in [0.05, 0.1) is 23.1 Å². The molecule has 3 rings (SSSR count). The van der Waals surface area contributed by atoms with Gasteiger partial charge in [0, 0.05) is 18.5 Å². The van der Waals surface area contributed by atoms with Crippen molar-refractivity contribution in [2.75, 3.05) is 18.9 Å². The van der Waals surface area contributed by atoms with Crippen molar-refractivity contribution in [3.8, 4) is 17.1 Å². The van der Waals surface area contributed by atoms with E-state index in [0.29, 0.717) is 35.6 Å². The van der Waals surface area contributed by atoms with Gasteiger partial charge in [0.15, 0.2) is 11.0 Å². The molecular weight excluding hydrogens is 460 g/mol. The third kappa shape index (κ3) is 6.58. The zero-order chi connectivity index (χ0) is 23.8. The van der Waals surface area contributed by atoms with Crippen LogP contribution in [0.15, 0.2) is 47.6 Å². The van der Waals surface area contributed by atoms with Crippen LogP contribution in [0.1, 0.15) is 30.9 Å². The van der Waals surface area contributed by atoms with Crippen molar-refractivity contribution in [3.05, 3.63) is 58.6 Å². The predicted molar refractivity (Wildman–Crippen MR) is 131 cm³/mol. The first kappa shape index (κ1) is 24.8. The zero-order valence-electron chi connectivity index (χ0n) is 18.9. The lowest BCUT2D eigenvalue weighted by Crippen LogP contribution is -2.26. The Bertz CT molecular complexity index is 1130. The lowest BCUT2D eigenvalue weighted by molar-refractivity contribution is -0.143. The van der Waals surface area contributed by atoms with E-state index < -0.39 is 0 Å². The first-order valence-electron chi connectivity index (χ1n) is 10.7. The topological polar surface area (TPSA) is 86.1 Å². The Balaban J connectivity index is 1.77. The summed E-state index contributed by atoms with van der Waals surface area (Å²) in [6, 6.07) is 13.7. The highest BCUT2D eigenvalue weighted by atomic mass is 35.5. The number of rotatable bonds is 10. The molecular formula is C24H27ClN4O3S. The van der Waals surface area contributed by atoms with Gasteiger partial charge in [0.1, 0.15) is 0 Å². The third-order valence-corrected chi connectivity index (χ3v) is 6.13. The van der Waals surface area contributed by atoms with Crippen LogP contribution in [0.2, 0.25) is 5.02 Å². The molecule has 1 amide bonds. The maximum atomic E-state index is 12.4. The summed E-state index contributed by atoms with van der Waals surface area (Å²) in [5.41, 5.74) is 3.86. The number of nitrogens with one attached hydrogen (secondary N) is 1. The number of nitrogens with zero attached hydrogens (tertiary/aromatic N) is 3. The van der Waals surface area contributed by atoms with Gasteiger partial charge in [-0.15, -0.1) is 10.2 Å². The van der Waals surface area contributed by atoms with Crippen molar-refractivity contribution in [1.82, 2.24) is 20.1 Å². The Hall–Kier alpha value is -2.84. The first-order chi connectivity index (χ1) is 15.9. The molecule has 9 heteroatoms. The van der Waals surface area contributed by atoms with Gasteiger partial charge < -0.3 is 10.1 Å². The fourth-order valence-electron chi connectivity index (χ4n) is 3.23. The first-order valence-corrected chi connectivity index (χ1v) is 12.1. The van der Waals surface area contributed by atoms with Gasteiger partial charge in [-0.2, -0.15) is 0 Å². The number of carbonyl (C=O) groups is 2. The lowest BCUT2D eigenvalue weighted by Gasteiger charge is -2.14. The number of ether oxygens (including phenoxy) is 1. The van der Waals surface area contributed by atoms with Gasteiger partial charge in [-0.1, -0.05) is 47.6 Å². The second-order valence-corrected chi connectivity index (χ2v) is 8.81.